The average molecular weight is 189 g/mol. The monoisotopic (exact) mass is 189 g/mol. The fraction of sp³-hybridized carbons (Fsp3) is 0.0909. The van der Waals surface area contributed by atoms with Gasteiger partial charge in [0.1, 0.15) is 12.1 Å². The summed E-state index contributed by atoms with van der Waals surface area (Å²) in [6, 6.07) is 4.54. The van der Waals surface area contributed by atoms with Crippen molar-refractivity contribution in [2.75, 3.05) is 0 Å². The maximum Gasteiger partial charge on any atom is 0.124 e. The molecule has 14 heavy (non-hydrogen) atoms. The van der Waals surface area contributed by atoms with Crippen molar-refractivity contribution >= 4 is 17.1 Å². The van der Waals surface area contributed by atoms with Crippen molar-refractivity contribution in [3.8, 4) is 0 Å². The van der Waals surface area contributed by atoms with Crippen molar-refractivity contribution < 1.29 is 9.18 Å². The van der Waals surface area contributed by atoms with Gasteiger partial charge in [0.25, 0.3) is 0 Å². The van der Waals surface area contributed by atoms with Gasteiger partial charge in [-0.3, -0.25) is 4.98 Å². The molecular formula is C11H8FNO. The Bertz CT molecular complexity index is 482. The van der Waals surface area contributed by atoms with Gasteiger partial charge in [0.05, 0.1) is 0 Å². The highest BCUT2D eigenvalue weighted by Crippen LogP contribution is 2.19. The summed E-state index contributed by atoms with van der Waals surface area (Å²) in [6.07, 6.45) is 4.24. The van der Waals surface area contributed by atoms with Crippen molar-refractivity contribution in [3.05, 3.63) is 42.0 Å². The van der Waals surface area contributed by atoms with Gasteiger partial charge in [-0.1, -0.05) is 0 Å². The van der Waals surface area contributed by atoms with Crippen LogP contribution in [-0.4, -0.2) is 11.3 Å². The Balaban J connectivity index is 2.73. The normalized spacial score (nSPS) is 10.4. The smallest absolute Gasteiger partial charge is 0.124 e. The minimum atomic E-state index is -0.319. The number of aromatic nitrogens is 1. The van der Waals surface area contributed by atoms with E-state index in [1.807, 2.05) is 0 Å². The number of carbonyl (C=O) groups excluding carboxylic acids is 1. The van der Waals surface area contributed by atoms with Crippen LogP contribution in [0.4, 0.5) is 4.39 Å². The summed E-state index contributed by atoms with van der Waals surface area (Å²) in [7, 11) is 0. The molecule has 70 valence electrons. The van der Waals surface area contributed by atoms with Gasteiger partial charge < -0.3 is 4.79 Å². The molecule has 0 saturated heterocycles. The molecule has 1 aromatic carbocycles. The van der Waals surface area contributed by atoms with E-state index in [4.69, 9.17) is 0 Å². The number of pyridine rings is 1. The standard InChI is InChI=1S/C11H8FNO/c12-10-5-8-1-3-13-7-11(8)9(6-10)2-4-14/h1,3-7H,2H2. The van der Waals surface area contributed by atoms with Gasteiger partial charge in [-0.25, -0.2) is 4.39 Å². The Hall–Kier alpha value is -1.77. The molecule has 1 aromatic heterocycles. The number of hydrogen-bond donors (Lipinski definition) is 0. The molecule has 2 rings (SSSR count). The van der Waals surface area contributed by atoms with E-state index in [-0.39, 0.29) is 12.2 Å². The van der Waals surface area contributed by atoms with Crippen LogP contribution in [0.1, 0.15) is 5.56 Å². The van der Waals surface area contributed by atoms with Crippen LogP contribution in [-0.2, 0) is 11.2 Å². The van der Waals surface area contributed by atoms with E-state index in [0.29, 0.717) is 5.56 Å². The molecule has 0 N–H and O–H groups in total. The summed E-state index contributed by atoms with van der Waals surface area (Å²) < 4.78 is 13.1. The van der Waals surface area contributed by atoms with Gasteiger partial charge in [0, 0.05) is 24.2 Å². The predicted molar refractivity (Wildman–Crippen MR) is 51.5 cm³/mol. The summed E-state index contributed by atoms with van der Waals surface area (Å²) in [6.45, 7) is 0. The van der Waals surface area contributed by atoms with E-state index in [2.05, 4.69) is 4.98 Å². The summed E-state index contributed by atoms with van der Waals surface area (Å²) in [5.74, 6) is -0.319. The van der Waals surface area contributed by atoms with Crippen molar-refractivity contribution in [1.29, 1.82) is 0 Å². The summed E-state index contributed by atoms with van der Waals surface area (Å²) in [4.78, 5) is 14.3. The Morgan fingerprint density at radius 3 is 3.07 bits per heavy atom. The molecule has 0 amide bonds. The first-order chi connectivity index (χ1) is 6.81. The topological polar surface area (TPSA) is 30.0 Å². The molecule has 0 spiro atoms. The summed E-state index contributed by atoms with van der Waals surface area (Å²) in [5.41, 5.74) is 0.683. The second-order valence-corrected chi connectivity index (χ2v) is 3.03. The molecule has 0 saturated carbocycles. The Morgan fingerprint density at radius 2 is 2.29 bits per heavy atom. The number of halogens is 1. The Morgan fingerprint density at radius 1 is 1.43 bits per heavy atom. The molecule has 2 aromatic rings. The maximum atomic E-state index is 13.1. The first-order valence-electron chi connectivity index (χ1n) is 4.27. The van der Waals surface area contributed by atoms with E-state index in [1.165, 1.54) is 12.1 Å². The summed E-state index contributed by atoms with van der Waals surface area (Å²) >= 11 is 0. The lowest BCUT2D eigenvalue weighted by Gasteiger charge is -2.02. The van der Waals surface area contributed by atoms with E-state index in [0.717, 1.165) is 17.1 Å². The van der Waals surface area contributed by atoms with E-state index in [1.54, 1.807) is 18.5 Å². The lowest BCUT2D eigenvalue weighted by molar-refractivity contribution is -0.107. The highest BCUT2D eigenvalue weighted by atomic mass is 19.1. The molecule has 2 nitrogen and oxygen atoms in total. The average Bonchev–Trinajstić information content (AvgIpc) is 2.18. The lowest BCUT2D eigenvalue weighted by Crippen LogP contribution is -1.90. The number of hydrogen-bond acceptors (Lipinski definition) is 2. The van der Waals surface area contributed by atoms with Gasteiger partial charge in [-0.15, -0.1) is 0 Å². The van der Waals surface area contributed by atoms with E-state index < -0.39 is 0 Å². The third-order valence-corrected chi connectivity index (χ3v) is 2.11. The van der Waals surface area contributed by atoms with Gasteiger partial charge in [0.15, 0.2) is 0 Å². The van der Waals surface area contributed by atoms with Crippen molar-refractivity contribution in [1.82, 2.24) is 4.98 Å². The number of benzene rings is 1. The van der Waals surface area contributed by atoms with Gasteiger partial charge in [0.2, 0.25) is 0 Å². The second kappa shape index (κ2) is 3.54. The van der Waals surface area contributed by atoms with Crippen LogP contribution in [0.3, 0.4) is 0 Å². The summed E-state index contributed by atoms with van der Waals surface area (Å²) in [5, 5.41) is 1.61. The number of carbonyl (C=O) groups is 1. The van der Waals surface area contributed by atoms with E-state index >= 15 is 0 Å². The van der Waals surface area contributed by atoms with Crippen LogP contribution in [0.25, 0.3) is 10.8 Å². The predicted octanol–water partition coefficient (Wildman–Crippen LogP) is 2.12. The van der Waals surface area contributed by atoms with Crippen LogP contribution in [0.5, 0.6) is 0 Å². The van der Waals surface area contributed by atoms with Crippen molar-refractivity contribution in [3.63, 3.8) is 0 Å². The van der Waals surface area contributed by atoms with Gasteiger partial charge in [-0.2, -0.15) is 0 Å². The fourth-order valence-corrected chi connectivity index (χ4v) is 1.49. The molecule has 0 fully saturated rings. The molecular weight excluding hydrogens is 181 g/mol. The van der Waals surface area contributed by atoms with Crippen LogP contribution >= 0.6 is 0 Å². The fourth-order valence-electron chi connectivity index (χ4n) is 1.49. The third-order valence-electron chi connectivity index (χ3n) is 2.11. The second-order valence-electron chi connectivity index (χ2n) is 3.03. The number of fused-ring (bicyclic) bond motifs is 1. The number of rotatable bonds is 2. The van der Waals surface area contributed by atoms with Crippen molar-refractivity contribution in [2.45, 2.75) is 6.42 Å². The molecule has 0 atom stereocenters. The van der Waals surface area contributed by atoms with E-state index in [9.17, 15) is 9.18 Å². The third kappa shape index (κ3) is 1.48. The number of nitrogens with zero attached hydrogens (tertiary/aromatic N) is 1. The molecule has 0 aliphatic rings. The Labute approximate surface area is 80.4 Å². The highest BCUT2D eigenvalue weighted by molar-refractivity contribution is 5.86. The molecule has 0 aliphatic heterocycles. The zero-order valence-electron chi connectivity index (χ0n) is 7.40. The van der Waals surface area contributed by atoms with Crippen LogP contribution < -0.4 is 0 Å². The zero-order valence-corrected chi connectivity index (χ0v) is 7.40. The minimum Gasteiger partial charge on any atom is -0.303 e. The lowest BCUT2D eigenvalue weighted by atomic mass is 10.0. The largest absolute Gasteiger partial charge is 0.303 e. The molecule has 0 radical (unpaired) electrons. The molecule has 3 heteroatoms. The van der Waals surface area contributed by atoms with Crippen LogP contribution in [0, 0.1) is 5.82 Å². The first-order valence-corrected chi connectivity index (χ1v) is 4.27. The molecule has 0 unspecified atom stereocenters. The first kappa shape index (κ1) is 8.81. The van der Waals surface area contributed by atoms with Gasteiger partial charge in [-0.05, 0) is 29.1 Å². The quantitative estimate of drug-likeness (QED) is 0.677. The van der Waals surface area contributed by atoms with Crippen LogP contribution in [0.15, 0.2) is 30.6 Å². The SMILES string of the molecule is O=CCc1cc(F)cc2ccncc12. The zero-order chi connectivity index (χ0) is 9.97. The van der Waals surface area contributed by atoms with Crippen molar-refractivity contribution in [2.24, 2.45) is 0 Å². The number of aldehydes is 1. The highest BCUT2D eigenvalue weighted by Gasteiger charge is 2.03. The Kier molecular flexibility index (Phi) is 2.23. The maximum absolute atomic E-state index is 13.1. The minimum absolute atomic E-state index is 0.222. The van der Waals surface area contributed by atoms with Gasteiger partial charge >= 0.3 is 0 Å². The molecule has 1 heterocycles. The molecule has 0 aliphatic carbocycles. The molecule has 0 bridgehead atoms. The van der Waals surface area contributed by atoms with Crippen LogP contribution in [0.2, 0.25) is 0 Å².